The largest absolute Gasteiger partial charge is 0.505 e. The van der Waals surface area contributed by atoms with E-state index in [0.29, 0.717) is 0 Å². The van der Waals surface area contributed by atoms with E-state index < -0.39 is 15.8 Å². The van der Waals surface area contributed by atoms with Gasteiger partial charge in [0.15, 0.2) is 0 Å². The van der Waals surface area contributed by atoms with Crippen molar-refractivity contribution in [3.05, 3.63) is 70.2 Å². The van der Waals surface area contributed by atoms with Crippen LogP contribution in [0.15, 0.2) is 57.9 Å². The Balaban J connectivity index is 1.96. The summed E-state index contributed by atoms with van der Waals surface area (Å²) in [4.78, 5) is -0.353. The molecule has 0 atom stereocenters. The van der Waals surface area contributed by atoms with E-state index in [4.69, 9.17) is 17.3 Å². The summed E-state index contributed by atoms with van der Waals surface area (Å²) in [5.41, 5.74) is 8.11. The van der Waals surface area contributed by atoms with Gasteiger partial charge in [-0.1, -0.05) is 29.8 Å². The Bertz CT molecular complexity index is 1070. The van der Waals surface area contributed by atoms with Gasteiger partial charge in [-0.15, -0.1) is 0 Å². The van der Waals surface area contributed by atoms with E-state index >= 15 is 0 Å². The number of anilines is 2. The first-order chi connectivity index (χ1) is 12.3. The Morgan fingerprint density at radius 1 is 1.12 bits per heavy atom. The van der Waals surface area contributed by atoms with Crippen molar-refractivity contribution in [1.29, 1.82) is 0 Å². The number of hydrogen-bond acceptors (Lipinski definition) is 4. The summed E-state index contributed by atoms with van der Waals surface area (Å²) in [6, 6.07) is 18.5. The highest BCUT2D eigenvalue weighted by molar-refractivity contribution is 9.10. The number of nitrogen functional groups attached to an aromatic ring is 1. The maximum atomic E-state index is 12.6. The van der Waals surface area contributed by atoms with Gasteiger partial charge in [-0.3, -0.25) is 4.72 Å². The van der Waals surface area contributed by atoms with Crippen molar-refractivity contribution in [2.45, 2.75) is 4.90 Å². The maximum absolute atomic E-state index is 12.6. The molecule has 4 N–H and O–H groups in total. The van der Waals surface area contributed by atoms with Crippen LogP contribution >= 0.6 is 27.5 Å². The number of nitrogens with two attached hydrogens (primary N) is 1. The zero-order valence-corrected chi connectivity index (χ0v) is 16.3. The molecule has 0 aliphatic heterocycles. The maximum Gasteiger partial charge on any atom is 0.265 e. The standard InChI is InChI=1S/C18H12BrClN2O3S/c19-14-9-13(20)10-17(18(14)23)26(24,25)22-16-7-6-12(8-15(16)21)11-4-2-1-3-5-11/h2,4-10,22-23H,21H2. The normalized spacial score (nSPS) is 11.0. The smallest absolute Gasteiger partial charge is 0.265 e. The fraction of sp³-hybridized carbons (Fsp3) is 0. The molecule has 0 radical (unpaired) electrons. The minimum Gasteiger partial charge on any atom is -0.505 e. The SMILES string of the molecule is Nc1cc(-c2cc#ccc2)ccc1NS(=O)(=O)c1cc(Cl)cc(Br)c1O. The van der Waals surface area contributed by atoms with Gasteiger partial charge < -0.3 is 10.8 Å². The van der Waals surface area contributed by atoms with Crippen molar-refractivity contribution in [2.24, 2.45) is 0 Å². The van der Waals surface area contributed by atoms with Crippen molar-refractivity contribution in [3.63, 3.8) is 0 Å². The molecule has 0 saturated carbocycles. The van der Waals surface area contributed by atoms with Crippen LogP contribution < -0.4 is 10.5 Å². The van der Waals surface area contributed by atoms with Crippen molar-refractivity contribution in [1.82, 2.24) is 0 Å². The number of halogens is 2. The van der Waals surface area contributed by atoms with Crippen LogP contribution in [0.2, 0.25) is 5.02 Å². The third-order valence-electron chi connectivity index (χ3n) is 3.57. The van der Waals surface area contributed by atoms with Crippen LogP contribution in [0.1, 0.15) is 0 Å². The highest BCUT2D eigenvalue weighted by atomic mass is 79.9. The molecule has 26 heavy (non-hydrogen) atoms. The molecule has 5 nitrogen and oxygen atoms in total. The van der Waals surface area contributed by atoms with E-state index in [1.54, 1.807) is 30.3 Å². The summed E-state index contributed by atoms with van der Waals surface area (Å²) in [6.45, 7) is 0. The number of hydrogen-bond donors (Lipinski definition) is 3. The van der Waals surface area contributed by atoms with Crippen molar-refractivity contribution < 1.29 is 13.5 Å². The summed E-state index contributed by atoms with van der Waals surface area (Å²) in [5, 5.41) is 10.2. The second-order valence-corrected chi connectivity index (χ2v) is 8.31. The number of phenols is 1. The Morgan fingerprint density at radius 3 is 2.54 bits per heavy atom. The lowest BCUT2D eigenvalue weighted by Gasteiger charge is -2.13. The zero-order valence-electron chi connectivity index (χ0n) is 13.1. The van der Waals surface area contributed by atoms with Gasteiger partial charge in [0.25, 0.3) is 10.0 Å². The number of rotatable bonds is 4. The molecule has 0 heterocycles. The van der Waals surface area contributed by atoms with Gasteiger partial charge in [0, 0.05) is 5.02 Å². The molecule has 3 rings (SSSR count). The van der Waals surface area contributed by atoms with E-state index in [1.807, 2.05) is 6.07 Å². The highest BCUT2D eigenvalue weighted by Crippen LogP contribution is 2.36. The van der Waals surface area contributed by atoms with Gasteiger partial charge in [0.2, 0.25) is 0 Å². The third-order valence-corrected chi connectivity index (χ3v) is 5.77. The number of benzene rings is 2. The fourth-order valence-corrected chi connectivity index (χ4v) is 4.55. The average molecular weight is 452 g/mol. The van der Waals surface area contributed by atoms with Crippen LogP contribution in [0.4, 0.5) is 11.4 Å². The lowest BCUT2D eigenvalue weighted by atomic mass is 10.1. The summed E-state index contributed by atoms with van der Waals surface area (Å²) in [7, 11) is -4.09. The van der Waals surface area contributed by atoms with Crippen molar-refractivity contribution in [3.8, 4) is 16.9 Å². The van der Waals surface area contributed by atoms with Crippen LogP contribution in [0.25, 0.3) is 11.1 Å². The topological polar surface area (TPSA) is 92.4 Å². The minimum absolute atomic E-state index is 0.163. The molecule has 132 valence electrons. The van der Waals surface area contributed by atoms with Crippen LogP contribution in [0.5, 0.6) is 5.75 Å². The molecule has 0 spiro atoms. The molecule has 8 heteroatoms. The molecule has 0 fully saturated rings. The molecule has 3 aromatic carbocycles. The van der Waals surface area contributed by atoms with Crippen LogP contribution in [0, 0.1) is 12.1 Å². The second kappa shape index (κ2) is 7.08. The molecule has 0 aromatic heterocycles. The summed E-state index contributed by atoms with van der Waals surface area (Å²) >= 11 is 8.96. The molecule has 0 bridgehead atoms. The lowest BCUT2D eigenvalue weighted by Crippen LogP contribution is -2.14. The Kier molecular flexibility index (Phi) is 5.01. The van der Waals surface area contributed by atoms with Gasteiger partial charge in [0.1, 0.15) is 10.6 Å². The zero-order chi connectivity index (χ0) is 18.9. The summed E-state index contributed by atoms with van der Waals surface area (Å²) < 4.78 is 27.8. The quantitative estimate of drug-likeness (QED) is 0.511. The average Bonchev–Trinajstić information content (AvgIpc) is 2.60. The van der Waals surface area contributed by atoms with E-state index in [-0.39, 0.29) is 25.8 Å². The van der Waals surface area contributed by atoms with Gasteiger partial charge in [-0.25, -0.2) is 8.42 Å². The minimum atomic E-state index is -4.09. The molecule has 0 aliphatic carbocycles. The first-order valence-corrected chi connectivity index (χ1v) is 9.92. The van der Waals surface area contributed by atoms with Gasteiger partial charge in [0.05, 0.1) is 15.8 Å². The monoisotopic (exact) mass is 450 g/mol. The van der Waals surface area contributed by atoms with Gasteiger partial charge >= 0.3 is 0 Å². The number of nitrogens with one attached hydrogen (secondary N) is 1. The first kappa shape index (κ1) is 18.4. The van der Waals surface area contributed by atoms with E-state index in [0.717, 1.165) is 17.2 Å². The predicted molar refractivity (Wildman–Crippen MR) is 106 cm³/mol. The van der Waals surface area contributed by atoms with E-state index in [1.165, 1.54) is 6.07 Å². The molecular formula is C18H12BrClN2O3S. The van der Waals surface area contributed by atoms with Gasteiger partial charge in [-0.05, 0) is 69.5 Å². The lowest BCUT2D eigenvalue weighted by molar-refractivity contribution is 0.455. The fourth-order valence-electron chi connectivity index (χ4n) is 2.31. The Hall–Kier alpha value is -2.40. The first-order valence-electron chi connectivity index (χ1n) is 7.26. The van der Waals surface area contributed by atoms with E-state index in [9.17, 15) is 13.5 Å². The van der Waals surface area contributed by atoms with Crippen LogP contribution in [-0.4, -0.2) is 13.5 Å². The van der Waals surface area contributed by atoms with Crippen LogP contribution in [0.3, 0.4) is 0 Å². The summed E-state index contributed by atoms with van der Waals surface area (Å²) in [5.74, 6) is -0.437. The molecule has 0 saturated heterocycles. The molecule has 0 unspecified atom stereocenters. The molecule has 0 aliphatic rings. The van der Waals surface area contributed by atoms with Crippen molar-refractivity contribution in [2.75, 3.05) is 10.5 Å². The molecule has 0 amide bonds. The number of phenolic OH excluding ortho intramolecular Hbond substituents is 1. The third kappa shape index (κ3) is 3.73. The Labute approximate surface area is 164 Å². The highest BCUT2D eigenvalue weighted by Gasteiger charge is 2.22. The predicted octanol–water partition coefficient (Wildman–Crippen LogP) is 4.46. The Morgan fingerprint density at radius 2 is 1.88 bits per heavy atom. The van der Waals surface area contributed by atoms with Crippen LogP contribution in [-0.2, 0) is 10.0 Å². The second-order valence-electron chi connectivity index (χ2n) is 5.36. The molecule has 3 aromatic rings. The molecular weight excluding hydrogens is 440 g/mol. The summed E-state index contributed by atoms with van der Waals surface area (Å²) in [6.07, 6.45) is 0. The number of aromatic hydroxyl groups is 1. The van der Waals surface area contributed by atoms with Gasteiger partial charge in [-0.2, -0.15) is 0 Å². The van der Waals surface area contributed by atoms with E-state index in [2.05, 4.69) is 32.8 Å². The van der Waals surface area contributed by atoms with Crippen molar-refractivity contribution >= 4 is 48.9 Å². The number of sulfonamides is 1.